The van der Waals surface area contributed by atoms with Crippen molar-refractivity contribution in [3.63, 3.8) is 0 Å². The Kier molecular flexibility index (Phi) is 11.4. The molecule has 1 aliphatic rings. The Hall–Kier alpha value is -3.21. The summed E-state index contributed by atoms with van der Waals surface area (Å²) < 4.78 is 22.3. The number of rotatable bonds is 9. The molecule has 1 saturated heterocycles. The first kappa shape index (κ1) is 28.0. The lowest BCUT2D eigenvalue weighted by molar-refractivity contribution is -0.159. The molecule has 1 fully saturated rings. The molecular formula is C24H31ClN2O8. The van der Waals surface area contributed by atoms with E-state index in [-0.39, 0.29) is 0 Å². The van der Waals surface area contributed by atoms with Gasteiger partial charge in [-0.1, -0.05) is 17.7 Å². The van der Waals surface area contributed by atoms with Gasteiger partial charge in [-0.3, -0.25) is 9.80 Å². The van der Waals surface area contributed by atoms with Crippen molar-refractivity contribution in [3.8, 4) is 23.0 Å². The quantitative estimate of drug-likeness (QED) is 0.487. The number of benzene rings is 2. The summed E-state index contributed by atoms with van der Waals surface area (Å²) in [6.07, 6.45) is 0. The van der Waals surface area contributed by atoms with Gasteiger partial charge in [0.25, 0.3) is 0 Å². The first-order valence-corrected chi connectivity index (χ1v) is 11.2. The van der Waals surface area contributed by atoms with Crippen molar-refractivity contribution < 1.29 is 38.7 Å². The van der Waals surface area contributed by atoms with Crippen LogP contribution in [0.4, 0.5) is 0 Å². The lowest BCUT2D eigenvalue weighted by Crippen LogP contribution is -2.47. The molecule has 3 rings (SSSR count). The second-order valence-electron chi connectivity index (χ2n) is 7.52. The Bertz CT molecular complexity index is 951. The SMILES string of the molecule is COc1ccc(CN2CCN(CCOc3ccc(Cl)cc3)CC2)c(OC)c1OC.O=C(O)C(=O)O. The van der Waals surface area contributed by atoms with Crippen LogP contribution in [0.3, 0.4) is 0 Å². The first-order chi connectivity index (χ1) is 16.8. The zero-order valence-corrected chi connectivity index (χ0v) is 20.8. The van der Waals surface area contributed by atoms with Gasteiger partial charge in [0.15, 0.2) is 11.5 Å². The van der Waals surface area contributed by atoms with Gasteiger partial charge in [0.1, 0.15) is 12.4 Å². The normalized spacial score (nSPS) is 13.8. The molecule has 1 aliphatic heterocycles. The third kappa shape index (κ3) is 8.82. The number of carboxylic acids is 2. The van der Waals surface area contributed by atoms with Crippen molar-refractivity contribution in [2.45, 2.75) is 6.54 Å². The van der Waals surface area contributed by atoms with Crippen LogP contribution in [0.1, 0.15) is 5.56 Å². The highest BCUT2D eigenvalue weighted by molar-refractivity contribution is 6.30. The van der Waals surface area contributed by atoms with Crippen molar-refractivity contribution in [3.05, 3.63) is 47.0 Å². The highest BCUT2D eigenvalue weighted by Crippen LogP contribution is 2.40. The average Bonchev–Trinajstić information content (AvgIpc) is 2.86. The minimum atomic E-state index is -1.82. The molecule has 0 spiro atoms. The molecule has 10 nitrogen and oxygen atoms in total. The van der Waals surface area contributed by atoms with Crippen LogP contribution in [0.15, 0.2) is 36.4 Å². The molecule has 192 valence electrons. The van der Waals surface area contributed by atoms with E-state index >= 15 is 0 Å². The first-order valence-electron chi connectivity index (χ1n) is 10.9. The number of piperazine rings is 1. The minimum Gasteiger partial charge on any atom is -0.493 e. The van der Waals surface area contributed by atoms with Crippen LogP contribution in [0.2, 0.25) is 5.02 Å². The van der Waals surface area contributed by atoms with Crippen LogP contribution >= 0.6 is 11.6 Å². The second-order valence-corrected chi connectivity index (χ2v) is 7.96. The Labute approximate surface area is 209 Å². The van der Waals surface area contributed by atoms with E-state index in [1.54, 1.807) is 21.3 Å². The summed E-state index contributed by atoms with van der Waals surface area (Å²) in [6.45, 7) is 6.43. The van der Waals surface area contributed by atoms with Gasteiger partial charge in [0, 0.05) is 49.9 Å². The Morgan fingerprint density at radius 1 is 0.829 bits per heavy atom. The molecule has 2 aromatic rings. The highest BCUT2D eigenvalue weighted by Gasteiger charge is 2.21. The predicted octanol–water partition coefficient (Wildman–Crippen LogP) is 2.72. The zero-order valence-electron chi connectivity index (χ0n) is 20.0. The van der Waals surface area contributed by atoms with Crippen molar-refractivity contribution >= 4 is 23.5 Å². The Morgan fingerprint density at radius 2 is 1.40 bits per heavy atom. The minimum absolute atomic E-state index is 0.644. The van der Waals surface area contributed by atoms with Gasteiger partial charge < -0.3 is 29.2 Å². The summed E-state index contributed by atoms with van der Waals surface area (Å²) in [5, 5.41) is 15.5. The summed E-state index contributed by atoms with van der Waals surface area (Å²) in [5.74, 6) is -0.728. The maximum atomic E-state index is 9.10. The van der Waals surface area contributed by atoms with Crippen molar-refractivity contribution in [1.82, 2.24) is 9.80 Å². The van der Waals surface area contributed by atoms with Crippen molar-refractivity contribution in [1.29, 1.82) is 0 Å². The van der Waals surface area contributed by atoms with Crippen LogP contribution in [-0.2, 0) is 16.1 Å². The molecule has 1 heterocycles. The summed E-state index contributed by atoms with van der Waals surface area (Å²) in [7, 11) is 4.93. The number of ether oxygens (including phenoxy) is 4. The maximum Gasteiger partial charge on any atom is 0.414 e. The second kappa shape index (κ2) is 14.2. The van der Waals surface area contributed by atoms with E-state index in [2.05, 4.69) is 9.80 Å². The fourth-order valence-electron chi connectivity index (χ4n) is 3.52. The number of carboxylic acid groups (broad SMARTS) is 2. The molecule has 0 aliphatic carbocycles. The van der Waals surface area contributed by atoms with Crippen molar-refractivity contribution in [2.24, 2.45) is 0 Å². The highest BCUT2D eigenvalue weighted by atomic mass is 35.5. The van der Waals surface area contributed by atoms with E-state index in [1.165, 1.54) is 0 Å². The molecule has 0 radical (unpaired) electrons. The fourth-order valence-corrected chi connectivity index (χ4v) is 3.65. The topological polar surface area (TPSA) is 118 Å². The van der Waals surface area contributed by atoms with Crippen LogP contribution in [0.5, 0.6) is 23.0 Å². The van der Waals surface area contributed by atoms with Gasteiger partial charge in [0.2, 0.25) is 5.75 Å². The average molecular weight is 511 g/mol. The van der Waals surface area contributed by atoms with Gasteiger partial charge in [0.05, 0.1) is 21.3 Å². The maximum absolute atomic E-state index is 9.10. The van der Waals surface area contributed by atoms with Gasteiger partial charge in [-0.25, -0.2) is 9.59 Å². The number of carbonyl (C=O) groups is 2. The fraction of sp³-hybridized carbons (Fsp3) is 0.417. The third-order valence-corrected chi connectivity index (χ3v) is 5.57. The Morgan fingerprint density at radius 3 is 1.91 bits per heavy atom. The molecule has 0 unspecified atom stereocenters. The van der Waals surface area contributed by atoms with E-state index in [0.717, 1.165) is 61.4 Å². The molecule has 0 saturated carbocycles. The number of halogens is 1. The third-order valence-electron chi connectivity index (χ3n) is 5.32. The van der Waals surface area contributed by atoms with Gasteiger partial charge >= 0.3 is 11.9 Å². The van der Waals surface area contributed by atoms with Crippen LogP contribution < -0.4 is 18.9 Å². The van der Waals surface area contributed by atoms with Crippen LogP contribution in [-0.4, -0.2) is 92.6 Å². The summed E-state index contributed by atoms with van der Waals surface area (Å²) in [5.41, 5.74) is 1.10. The van der Waals surface area contributed by atoms with Crippen LogP contribution in [0.25, 0.3) is 0 Å². The molecular weight excluding hydrogens is 480 g/mol. The van der Waals surface area contributed by atoms with Gasteiger partial charge in [-0.15, -0.1) is 0 Å². The molecule has 0 atom stereocenters. The number of nitrogens with zero attached hydrogens (tertiary/aromatic N) is 2. The summed E-state index contributed by atoms with van der Waals surface area (Å²) >= 11 is 5.90. The van der Waals surface area contributed by atoms with E-state index in [4.69, 9.17) is 50.4 Å². The largest absolute Gasteiger partial charge is 0.493 e. The number of hydrogen-bond acceptors (Lipinski definition) is 8. The standard InChI is InChI=1S/C22H29ClN2O4.C2H2O4/c1-26-20-9-4-17(21(27-2)22(20)28-3)16-25-12-10-24(11-13-25)14-15-29-19-7-5-18(23)6-8-19;3-1(4)2(5)6/h4-9H,10-16H2,1-3H3;(H,3,4)(H,5,6). The molecule has 35 heavy (non-hydrogen) atoms. The predicted molar refractivity (Wildman–Crippen MR) is 130 cm³/mol. The summed E-state index contributed by atoms with van der Waals surface area (Å²) in [4.78, 5) is 23.1. The Balaban J connectivity index is 0.000000641. The van der Waals surface area contributed by atoms with E-state index in [1.807, 2.05) is 36.4 Å². The molecule has 11 heteroatoms. The lowest BCUT2D eigenvalue weighted by Gasteiger charge is -2.34. The summed E-state index contributed by atoms with van der Waals surface area (Å²) in [6, 6.07) is 11.5. The van der Waals surface area contributed by atoms with E-state index in [9.17, 15) is 0 Å². The zero-order chi connectivity index (χ0) is 25.8. The molecule has 0 aromatic heterocycles. The van der Waals surface area contributed by atoms with Crippen LogP contribution in [0, 0.1) is 0 Å². The van der Waals surface area contributed by atoms with Gasteiger partial charge in [-0.2, -0.15) is 0 Å². The molecule has 2 aromatic carbocycles. The monoisotopic (exact) mass is 510 g/mol. The lowest BCUT2D eigenvalue weighted by atomic mass is 10.1. The number of methoxy groups -OCH3 is 3. The smallest absolute Gasteiger partial charge is 0.414 e. The number of hydrogen-bond donors (Lipinski definition) is 2. The van der Waals surface area contributed by atoms with E-state index < -0.39 is 11.9 Å². The molecule has 0 amide bonds. The van der Waals surface area contributed by atoms with Crippen molar-refractivity contribution in [2.75, 3.05) is 60.7 Å². The molecule has 2 N–H and O–H groups in total. The number of aliphatic carboxylic acids is 2. The molecule has 0 bridgehead atoms. The van der Waals surface area contributed by atoms with Gasteiger partial charge in [-0.05, 0) is 30.3 Å². The van der Waals surface area contributed by atoms with E-state index in [0.29, 0.717) is 18.1 Å².